The van der Waals surface area contributed by atoms with Crippen LogP contribution in [0.4, 0.5) is 5.82 Å². The summed E-state index contributed by atoms with van der Waals surface area (Å²) in [5.74, 6) is 0.977. The zero-order valence-corrected chi connectivity index (χ0v) is 12.8. The Hall–Kier alpha value is -1.13. The lowest BCUT2D eigenvalue weighted by Crippen LogP contribution is -2.22. The Bertz CT molecular complexity index is 393. The van der Waals surface area contributed by atoms with Crippen LogP contribution in [0.15, 0.2) is 6.07 Å². The monoisotopic (exact) mass is 265 g/mol. The van der Waals surface area contributed by atoms with Gasteiger partial charge in [-0.15, -0.1) is 0 Å². The topological polar surface area (TPSA) is 46.2 Å². The maximum Gasteiger partial charge on any atom is 0.131 e. The maximum absolute atomic E-state index is 5.26. The molecule has 0 aliphatic carbocycles. The first kappa shape index (κ1) is 15.9. The van der Waals surface area contributed by atoms with Crippen LogP contribution < -0.4 is 10.6 Å². The van der Waals surface area contributed by atoms with E-state index in [-0.39, 0.29) is 6.10 Å². The minimum atomic E-state index is 0.180. The van der Waals surface area contributed by atoms with Gasteiger partial charge in [0.25, 0.3) is 0 Å². The summed E-state index contributed by atoms with van der Waals surface area (Å²) in [5.41, 5.74) is 3.58. The van der Waals surface area contributed by atoms with Crippen LogP contribution in [0, 0.1) is 13.8 Å². The van der Waals surface area contributed by atoms with Gasteiger partial charge in [0.2, 0.25) is 0 Å². The van der Waals surface area contributed by atoms with Gasteiger partial charge in [0, 0.05) is 31.5 Å². The molecular weight excluding hydrogens is 238 g/mol. The predicted molar refractivity (Wildman–Crippen MR) is 80.7 cm³/mol. The van der Waals surface area contributed by atoms with E-state index in [1.54, 1.807) is 7.11 Å². The third kappa shape index (κ3) is 5.17. The van der Waals surface area contributed by atoms with Crippen molar-refractivity contribution in [3.05, 3.63) is 22.9 Å². The van der Waals surface area contributed by atoms with E-state index < -0.39 is 0 Å². The molecule has 1 aromatic rings. The molecule has 0 aliphatic rings. The molecule has 0 amide bonds. The van der Waals surface area contributed by atoms with Gasteiger partial charge in [-0.2, -0.15) is 0 Å². The predicted octanol–water partition coefficient (Wildman–Crippen LogP) is 2.64. The third-order valence-electron chi connectivity index (χ3n) is 3.16. The van der Waals surface area contributed by atoms with Crippen molar-refractivity contribution in [2.45, 2.75) is 46.8 Å². The number of aryl methyl sites for hydroxylation is 2. The third-order valence-corrected chi connectivity index (χ3v) is 3.16. The van der Waals surface area contributed by atoms with E-state index in [1.165, 1.54) is 11.1 Å². The Morgan fingerprint density at radius 1 is 1.37 bits per heavy atom. The van der Waals surface area contributed by atoms with Crippen LogP contribution in [-0.2, 0) is 11.3 Å². The van der Waals surface area contributed by atoms with Crippen molar-refractivity contribution in [2.24, 2.45) is 0 Å². The highest BCUT2D eigenvalue weighted by molar-refractivity contribution is 5.49. The molecule has 0 aliphatic heterocycles. The fraction of sp³-hybridized carbons (Fsp3) is 0.667. The highest BCUT2D eigenvalue weighted by Gasteiger charge is 2.09. The average molecular weight is 265 g/mol. The lowest BCUT2D eigenvalue weighted by molar-refractivity contribution is 0.128. The first-order chi connectivity index (χ1) is 9.08. The summed E-state index contributed by atoms with van der Waals surface area (Å²) in [6.45, 7) is 11.0. The molecule has 0 spiro atoms. The molecule has 4 heteroatoms. The summed E-state index contributed by atoms with van der Waals surface area (Å²) < 4.78 is 5.26. The molecule has 0 bridgehead atoms. The molecule has 0 fully saturated rings. The molecule has 1 heterocycles. The van der Waals surface area contributed by atoms with Gasteiger partial charge in [-0.25, -0.2) is 4.98 Å². The highest BCUT2D eigenvalue weighted by Crippen LogP contribution is 2.18. The van der Waals surface area contributed by atoms with Crippen LogP contribution in [-0.4, -0.2) is 31.3 Å². The number of nitrogens with one attached hydrogen (secondary N) is 2. The molecule has 1 atom stereocenters. The fourth-order valence-corrected chi connectivity index (χ4v) is 1.95. The quantitative estimate of drug-likeness (QED) is 0.709. The number of rotatable bonds is 8. The van der Waals surface area contributed by atoms with Gasteiger partial charge in [0.05, 0.1) is 6.10 Å². The first-order valence-corrected chi connectivity index (χ1v) is 7.03. The smallest absolute Gasteiger partial charge is 0.131 e. The van der Waals surface area contributed by atoms with Crippen LogP contribution >= 0.6 is 0 Å². The molecule has 1 unspecified atom stereocenters. The van der Waals surface area contributed by atoms with E-state index >= 15 is 0 Å². The minimum Gasteiger partial charge on any atom is -0.380 e. The van der Waals surface area contributed by atoms with Crippen LogP contribution in [0.5, 0.6) is 0 Å². The Morgan fingerprint density at radius 2 is 2.11 bits per heavy atom. The molecule has 0 aromatic carbocycles. The second-order valence-electron chi connectivity index (χ2n) is 5.01. The van der Waals surface area contributed by atoms with Gasteiger partial charge < -0.3 is 15.4 Å². The average Bonchev–Trinajstić information content (AvgIpc) is 2.38. The summed E-state index contributed by atoms with van der Waals surface area (Å²) in [6.07, 6.45) is 1.32. The molecule has 1 aromatic heterocycles. The van der Waals surface area contributed by atoms with Crippen LogP contribution in [0.1, 0.15) is 37.1 Å². The highest BCUT2D eigenvalue weighted by atomic mass is 16.5. The van der Waals surface area contributed by atoms with E-state index in [4.69, 9.17) is 4.74 Å². The molecular formula is C15H27N3O. The second kappa shape index (κ2) is 8.12. The molecule has 108 valence electrons. The van der Waals surface area contributed by atoms with Crippen molar-refractivity contribution < 1.29 is 4.74 Å². The molecule has 0 saturated heterocycles. The molecule has 0 radical (unpaired) electrons. The van der Waals surface area contributed by atoms with Crippen LogP contribution in [0.3, 0.4) is 0 Å². The van der Waals surface area contributed by atoms with E-state index in [1.807, 2.05) is 13.8 Å². The molecule has 0 saturated carbocycles. The van der Waals surface area contributed by atoms with Crippen LogP contribution in [0.2, 0.25) is 0 Å². The van der Waals surface area contributed by atoms with Crippen molar-refractivity contribution in [3.8, 4) is 0 Å². The van der Waals surface area contributed by atoms with Gasteiger partial charge in [-0.05, 0) is 45.4 Å². The zero-order chi connectivity index (χ0) is 14.3. The van der Waals surface area contributed by atoms with Crippen molar-refractivity contribution in [2.75, 3.05) is 25.5 Å². The number of anilines is 1. The van der Waals surface area contributed by atoms with E-state index in [2.05, 4.69) is 35.5 Å². The number of hydrogen-bond acceptors (Lipinski definition) is 4. The standard InChI is InChI=1S/C15H27N3O/c1-6-7-16-10-14-11(2)8-12(3)18-15(14)17-9-13(4)19-5/h8,13,16H,6-7,9-10H2,1-5H3,(H,17,18). The minimum absolute atomic E-state index is 0.180. The zero-order valence-electron chi connectivity index (χ0n) is 12.8. The first-order valence-electron chi connectivity index (χ1n) is 7.03. The Kier molecular flexibility index (Phi) is 6.81. The largest absolute Gasteiger partial charge is 0.380 e. The van der Waals surface area contributed by atoms with Crippen LogP contribution in [0.25, 0.3) is 0 Å². The van der Waals surface area contributed by atoms with E-state index in [9.17, 15) is 0 Å². The molecule has 19 heavy (non-hydrogen) atoms. The van der Waals surface area contributed by atoms with Crippen molar-refractivity contribution in [1.29, 1.82) is 0 Å². The van der Waals surface area contributed by atoms with E-state index in [0.717, 1.165) is 37.6 Å². The number of ether oxygens (including phenoxy) is 1. The van der Waals surface area contributed by atoms with Gasteiger partial charge in [0.1, 0.15) is 5.82 Å². The summed E-state index contributed by atoms with van der Waals surface area (Å²) in [4.78, 5) is 4.61. The lowest BCUT2D eigenvalue weighted by Gasteiger charge is -2.17. The van der Waals surface area contributed by atoms with Crippen molar-refractivity contribution in [3.63, 3.8) is 0 Å². The van der Waals surface area contributed by atoms with Gasteiger partial charge in [-0.1, -0.05) is 6.92 Å². The summed E-state index contributed by atoms with van der Waals surface area (Å²) in [6, 6.07) is 2.13. The Morgan fingerprint density at radius 3 is 2.74 bits per heavy atom. The number of hydrogen-bond donors (Lipinski definition) is 2. The second-order valence-corrected chi connectivity index (χ2v) is 5.01. The van der Waals surface area contributed by atoms with Gasteiger partial charge >= 0.3 is 0 Å². The molecule has 1 rings (SSSR count). The van der Waals surface area contributed by atoms with Crippen molar-refractivity contribution in [1.82, 2.24) is 10.3 Å². The Labute approximate surface area is 117 Å². The summed E-state index contributed by atoms with van der Waals surface area (Å²) in [7, 11) is 1.73. The Balaban J connectivity index is 2.80. The SMILES string of the molecule is CCCNCc1c(C)cc(C)nc1NCC(C)OC. The number of methoxy groups -OCH3 is 1. The van der Waals surface area contributed by atoms with Gasteiger partial charge in [-0.3, -0.25) is 0 Å². The fourth-order valence-electron chi connectivity index (χ4n) is 1.95. The molecule has 4 nitrogen and oxygen atoms in total. The lowest BCUT2D eigenvalue weighted by atomic mass is 10.1. The normalized spacial score (nSPS) is 12.5. The van der Waals surface area contributed by atoms with Crippen molar-refractivity contribution >= 4 is 5.82 Å². The summed E-state index contributed by atoms with van der Waals surface area (Å²) in [5, 5.41) is 6.84. The van der Waals surface area contributed by atoms with Gasteiger partial charge in [0.15, 0.2) is 0 Å². The maximum atomic E-state index is 5.26. The molecule has 2 N–H and O–H groups in total. The summed E-state index contributed by atoms with van der Waals surface area (Å²) >= 11 is 0. The van der Waals surface area contributed by atoms with E-state index in [0.29, 0.717) is 0 Å². The number of pyridine rings is 1. The number of aromatic nitrogens is 1. The number of nitrogens with zero attached hydrogens (tertiary/aromatic N) is 1.